The molecule has 0 radical (unpaired) electrons. The summed E-state index contributed by atoms with van der Waals surface area (Å²) in [5.74, 6) is -7.00. The number of amides is 1. The normalized spacial score (nSPS) is 13.9. The number of carbonyl (C=O) groups excluding carboxylic acids is 1. The quantitative estimate of drug-likeness (QED) is 0.198. The van der Waals surface area contributed by atoms with Crippen molar-refractivity contribution in [1.82, 2.24) is 20.1 Å². The van der Waals surface area contributed by atoms with Crippen LogP contribution < -0.4 is 14.8 Å². The second-order valence-corrected chi connectivity index (χ2v) is 13.0. The third kappa shape index (κ3) is 5.99. The Morgan fingerprint density at radius 3 is 2.37 bits per heavy atom. The van der Waals surface area contributed by atoms with Crippen molar-refractivity contribution >= 4 is 15.7 Å². The number of hydrogen-bond acceptors (Lipinski definition) is 9. The highest BCUT2D eigenvalue weighted by Crippen LogP contribution is 2.46. The first-order chi connectivity index (χ1) is 22.9. The summed E-state index contributed by atoms with van der Waals surface area (Å²) in [5.41, 5.74) is -0.220. The standard InChI is InChI=1S/C32H25F5N4O7S/c1-15-39-28(17-6-8-24-25(11-17)48-32(36,37)47-24)29(46-15)20-9-16(18-10-22(33)21(14-42)26(12-18)49(4,44)45)5-7-19(20)23-13-27(40-41(23)3)31(34,35)30(43)38-2/h5-13,42H,14H2,1-4H3,(H,38,43). The monoisotopic (exact) mass is 704 g/mol. The lowest BCUT2D eigenvalue weighted by atomic mass is 9.93. The zero-order chi connectivity index (χ0) is 35.6. The first kappa shape index (κ1) is 33.6. The molecule has 0 fully saturated rings. The van der Waals surface area contributed by atoms with E-state index in [1.807, 2.05) is 5.32 Å². The number of rotatable bonds is 8. The molecule has 3 heterocycles. The van der Waals surface area contributed by atoms with Gasteiger partial charge in [0, 0.05) is 49.5 Å². The molecular formula is C32H25F5N4O7S. The minimum absolute atomic E-state index is 0.0107. The molecule has 17 heteroatoms. The number of hydrogen-bond donors (Lipinski definition) is 2. The summed E-state index contributed by atoms with van der Waals surface area (Å²) in [4.78, 5) is 16.0. The van der Waals surface area contributed by atoms with Crippen LogP contribution in [0.15, 0.2) is 63.9 Å². The maximum Gasteiger partial charge on any atom is 0.586 e. The van der Waals surface area contributed by atoms with E-state index in [4.69, 9.17) is 4.42 Å². The van der Waals surface area contributed by atoms with Gasteiger partial charge in [0.25, 0.3) is 5.91 Å². The Hall–Kier alpha value is -5.29. The summed E-state index contributed by atoms with van der Waals surface area (Å²) in [6.07, 6.45) is -3.04. The summed E-state index contributed by atoms with van der Waals surface area (Å²) >= 11 is 0. The number of fused-ring (bicyclic) bond motifs is 1. The molecule has 0 bridgehead atoms. The van der Waals surface area contributed by atoms with Gasteiger partial charge in [0.15, 0.2) is 33.0 Å². The van der Waals surface area contributed by atoms with Crippen LogP contribution in [0, 0.1) is 12.7 Å². The van der Waals surface area contributed by atoms with Gasteiger partial charge in [-0.2, -0.15) is 13.9 Å². The first-order valence-electron chi connectivity index (χ1n) is 14.2. The van der Waals surface area contributed by atoms with Gasteiger partial charge in [-0.05, 0) is 53.6 Å². The third-order valence-corrected chi connectivity index (χ3v) is 8.87. The van der Waals surface area contributed by atoms with Crippen molar-refractivity contribution in [3.8, 4) is 56.5 Å². The van der Waals surface area contributed by atoms with Crippen molar-refractivity contribution in [3.63, 3.8) is 0 Å². The van der Waals surface area contributed by atoms with Crippen LogP contribution in [0.3, 0.4) is 0 Å². The Bertz CT molecular complexity index is 2270. The van der Waals surface area contributed by atoms with Crippen molar-refractivity contribution in [1.29, 1.82) is 0 Å². The molecule has 0 saturated heterocycles. The van der Waals surface area contributed by atoms with E-state index in [0.29, 0.717) is 0 Å². The van der Waals surface area contributed by atoms with Crippen LogP contribution in [0.4, 0.5) is 22.0 Å². The fourth-order valence-electron chi connectivity index (χ4n) is 5.44. The van der Waals surface area contributed by atoms with E-state index in [0.717, 1.165) is 30.1 Å². The van der Waals surface area contributed by atoms with Crippen molar-refractivity contribution in [2.75, 3.05) is 13.3 Å². The van der Waals surface area contributed by atoms with Crippen LogP contribution >= 0.6 is 0 Å². The minimum Gasteiger partial charge on any atom is -0.440 e. The van der Waals surface area contributed by atoms with Crippen molar-refractivity contribution in [3.05, 3.63) is 77.6 Å². The summed E-state index contributed by atoms with van der Waals surface area (Å²) in [5, 5.41) is 15.4. The number of ether oxygens (including phenoxy) is 2. The number of sulfone groups is 1. The molecule has 2 N–H and O–H groups in total. The lowest BCUT2D eigenvalue weighted by Gasteiger charge is -2.14. The minimum atomic E-state index is -4.01. The number of nitrogens with one attached hydrogen (secondary N) is 1. The fraction of sp³-hybridized carbons (Fsp3) is 0.219. The van der Waals surface area contributed by atoms with Gasteiger partial charge in [-0.1, -0.05) is 12.1 Å². The van der Waals surface area contributed by atoms with Gasteiger partial charge < -0.3 is 24.3 Å². The Balaban J connectivity index is 1.60. The van der Waals surface area contributed by atoms with Crippen LogP contribution in [0.2, 0.25) is 0 Å². The molecule has 11 nitrogen and oxygen atoms in total. The van der Waals surface area contributed by atoms with Gasteiger partial charge in [-0.15, -0.1) is 8.78 Å². The molecule has 5 aromatic rings. The molecule has 1 amide bonds. The number of aromatic nitrogens is 3. The fourth-order valence-corrected chi connectivity index (χ4v) is 6.40. The molecule has 0 spiro atoms. The lowest BCUT2D eigenvalue weighted by molar-refractivity contribution is -0.286. The molecule has 256 valence electrons. The van der Waals surface area contributed by atoms with Crippen molar-refractivity contribution in [2.24, 2.45) is 7.05 Å². The number of aliphatic hydroxyl groups is 1. The highest BCUT2D eigenvalue weighted by Gasteiger charge is 2.44. The van der Waals surface area contributed by atoms with E-state index in [2.05, 4.69) is 19.6 Å². The van der Waals surface area contributed by atoms with E-state index < -0.39 is 56.5 Å². The number of aliphatic hydroxyl groups excluding tert-OH is 1. The summed E-state index contributed by atoms with van der Waals surface area (Å²) in [7, 11) is -1.60. The summed E-state index contributed by atoms with van der Waals surface area (Å²) in [6, 6.07) is 11.5. The maximum atomic E-state index is 15.2. The second kappa shape index (κ2) is 11.7. The van der Waals surface area contributed by atoms with Gasteiger partial charge in [0.05, 0.1) is 17.2 Å². The molecule has 1 aliphatic rings. The Kier molecular flexibility index (Phi) is 8.02. The topological polar surface area (TPSA) is 146 Å². The zero-order valence-corrected chi connectivity index (χ0v) is 26.8. The number of alkyl halides is 4. The lowest BCUT2D eigenvalue weighted by Crippen LogP contribution is -2.36. The van der Waals surface area contributed by atoms with Crippen molar-refractivity contribution in [2.45, 2.75) is 30.6 Å². The Morgan fingerprint density at radius 2 is 1.69 bits per heavy atom. The molecular weight excluding hydrogens is 679 g/mol. The van der Waals surface area contributed by atoms with Crippen LogP contribution in [-0.2, 0) is 34.2 Å². The predicted molar refractivity (Wildman–Crippen MR) is 163 cm³/mol. The van der Waals surface area contributed by atoms with Gasteiger partial charge in [-0.3, -0.25) is 9.48 Å². The average Bonchev–Trinajstić information content (AvgIpc) is 3.71. The van der Waals surface area contributed by atoms with E-state index in [9.17, 15) is 35.9 Å². The largest absolute Gasteiger partial charge is 0.586 e. The second-order valence-electron chi connectivity index (χ2n) is 11.1. The molecule has 0 atom stereocenters. The third-order valence-electron chi connectivity index (χ3n) is 7.71. The predicted octanol–water partition coefficient (Wildman–Crippen LogP) is 5.58. The van der Waals surface area contributed by atoms with E-state index in [1.165, 1.54) is 56.4 Å². The molecule has 2 aromatic heterocycles. The van der Waals surface area contributed by atoms with Gasteiger partial charge >= 0.3 is 12.2 Å². The molecule has 0 saturated carbocycles. The smallest absolute Gasteiger partial charge is 0.440 e. The SMILES string of the molecule is CNC(=O)C(F)(F)c1cc(-c2ccc(-c3cc(F)c(CO)c(S(C)(=O)=O)c3)cc2-c2oc(C)nc2-c2ccc3c(c2)OC(F)(F)O3)n(C)n1. The van der Waals surface area contributed by atoms with E-state index >= 15 is 4.39 Å². The number of likely N-dealkylation sites (N-methyl/N-ethyl adjacent to an activating group) is 1. The molecule has 6 rings (SSSR count). The first-order valence-corrected chi connectivity index (χ1v) is 16.1. The molecule has 0 unspecified atom stereocenters. The van der Waals surface area contributed by atoms with Gasteiger partial charge in [-0.25, -0.2) is 17.8 Å². The molecule has 49 heavy (non-hydrogen) atoms. The summed E-state index contributed by atoms with van der Waals surface area (Å²) in [6.45, 7) is 0.621. The van der Waals surface area contributed by atoms with Gasteiger partial charge in [0.2, 0.25) is 0 Å². The van der Waals surface area contributed by atoms with Crippen LogP contribution in [0.25, 0.3) is 45.0 Å². The molecule has 3 aromatic carbocycles. The number of halogens is 5. The highest BCUT2D eigenvalue weighted by molar-refractivity contribution is 7.90. The van der Waals surface area contributed by atoms with E-state index in [1.54, 1.807) is 0 Å². The number of aryl methyl sites for hydroxylation is 2. The number of oxazole rings is 1. The zero-order valence-electron chi connectivity index (χ0n) is 25.9. The molecule has 0 aliphatic carbocycles. The van der Waals surface area contributed by atoms with Crippen LogP contribution in [0.1, 0.15) is 17.1 Å². The number of benzene rings is 3. The maximum absolute atomic E-state index is 15.2. The average molecular weight is 705 g/mol. The summed E-state index contributed by atoms with van der Waals surface area (Å²) < 4.78 is 114. The van der Waals surface area contributed by atoms with Crippen molar-refractivity contribution < 1.29 is 54.2 Å². The highest BCUT2D eigenvalue weighted by atomic mass is 32.2. The van der Waals surface area contributed by atoms with Gasteiger partial charge in [0.1, 0.15) is 17.2 Å². The van der Waals surface area contributed by atoms with Crippen LogP contribution in [0.5, 0.6) is 11.5 Å². The number of carbonyl (C=O) groups is 1. The van der Waals surface area contributed by atoms with E-state index in [-0.39, 0.29) is 62.4 Å². The number of nitrogens with zero attached hydrogens (tertiary/aromatic N) is 3. The Morgan fingerprint density at radius 1 is 1.00 bits per heavy atom. The Labute approximate surface area is 274 Å². The van der Waals surface area contributed by atoms with Crippen LogP contribution in [-0.4, -0.2) is 53.8 Å². The molecule has 1 aliphatic heterocycles.